The van der Waals surface area contributed by atoms with Crippen molar-refractivity contribution < 1.29 is 0 Å². The summed E-state index contributed by atoms with van der Waals surface area (Å²) in [6, 6.07) is 0. The van der Waals surface area contributed by atoms with Crippen molar-refractivity contribution in [3.63, 3.8) is 0 Å². The molecule has 0 amide bonds. The van der Waals surface area contributed by atoms with Crippen LogP contribution in [0, 0.1) is 0 Å². The summed E-state index contributed by atoms with van der Waals surface area (Å²) in [5, 5.41) is 15.2. The third-order valence-electron chi connectivity index (χ3n) is 2.39. The quantitative estimate of drug-likeness (QED) is 0.603. The normalized spacial score (nSPS) is 14.0. The van der Waals surface area contributed by atoms with E-state index in [0.29, 0.717) is 5.82 Å². The Bertz CT molecular complexity index is 508. The third kappa shape index (κ3) is 0.847. The second kappa shape index (κ2) is 2.50. The molecule has 3 rings (SSSR count). The first-order valence-corrected chi connectivity index (χ1v) is 4.36. The van der Waals surface area contributed by atoms with Gasteiger partial charge in [0.25, 0.3) is 0 Å². The summed E-state index contributed by atoms with van der Waals surface area (Å²) in [7, 11) is 0. The van der Waals surface area contributed by atoms with Crippen LogP contribution in [0.25, 0.3) is 10.9 Å². The van der Waals surface area contributed by atoms with Crippen LogP contribution in [-0.4, -0.2) is 26.9 Å². The highest BCUT2D eigenvalue weighted by Gasteiger charge is 2.17. The van der Waals surface area contributed by atoms with E-state index in [-0.39, 0.29) is 0 Å². The molecule has 6 nitrogen and oxygen atoms in total. The Hall–Kier alpha value is -1.98. The van der Waals surface area contributed by atoms with Crippen LogP contribution in [0.1, 0.15) is 5.56 Å². The summed E-state index contributed by atoms with van der Waals surface area (Å²) in [6.45, 7) is 0.894. The van der Waals surface area contributed by atoms with Crippen LogP contribution >= 0.6 is 0 Å². The van der Waals surface area contributed by atoms with Crippen LogP contribution in [0.15, 0.2) is 6.20 Å². The molecular formula is C8H8N6. The maximum Gasteiger partial charge on any atom is 0.158 e. The van der Waals surface area contributed by atoms with Gasteiger partial charge in [-0.15, -0.1) is 10.2 Å². The molecule has 6 heteroatoms. The van der Waals surface area contributed by atoms with Gasteiger partial charge in [0.05, 0.1) is 5.39 Å². The highest BCUT2D eigenvalue weighted by molar-refractivity contribution is 5.91. The second-order valence-corrected chi connectivity index (χ2v) is 3.20. The molecule has 0 saturated heterocycles. The summed E-state index contributed by atoms with van der Waals surface area (Å²) in [5.74, 6) is 1.27. The van der Waals surface area contributed by atoms with E-state index in [1.807, 2.05) is 0 Å². The number of nitrogens with zero attached hydrogens (tertiary/aromatic N) is 4. The molecule has 0 bridgehead atoms. The lowest BCUT2D eigenvalue weighted by atomic mass is 10.1. The topological polar surface area (TPSA) is 89.6 Å². The van der Waals surface area contributed by atoms with Gasteiger partial charge in [-0.05, 0) is 11.6 Å². The minimum Gasteiger partial charge on any atom is -0.382 e. The first-order chi connectivity index (χ1) is 6.86. The molecule has 1 aliphatic heterocycles. The highest BCUT2D eigenvalue weighted by Crippen LogP contribution is 2.27. The summed E-state index contributed by atoms with van der Waals surface area (Å²) in [5.41, 5.74) is 7.58. The minimum atomic E-state index is 0.386. The Labute approximate surface area is 79.5 Å². The number of nitrogen functional groups attached to an aromatic ring is 1. The SMILES string of the molecule is Nc1nnnc2c3c(ncc12)NCC3. The molecule has 0 atom stereocenters. The first kappa shape index (κ1) is 7.43. The molecule has 14 heavy (non-hydrogen) atoms. The Kier molecular flexibility index (Phi) is 1.33. The van der Waals surface area contributed by atoms with E-state index in [4.69, 9.17) is 5.73 Å². The Morgan fingerprint density at radius 3 is 3.21 bits per heavy atom. The molecule has 0 aliphatic carbocycles. The molecule has 0 radical (unpaired) electrons. The van der Waals surface area contributed by atoms with Gasteiger partial charge in [0.15, 0.2) is 5.82 Å². The highest BCUT2D eigenvalue weighted by atomic mass is 15.3. The Morgan fingerprint density at radius 2 is 2.29 bits per heavy atom. The molecule has 3 heterocycles. The standard InChI is InChI=1S/C8H8N6/c9-7-5-3-11-8-4(1-2-10-8)6(5)12-14-13-7/h3H,1-2H2,(H,10,11)(H2,9,12,13). The van der Waals surface area contributed by atoms with Crippen LogP contribution in [0.2, 0.25) is 0 Å². The molecule has 1 aliphatic rings. The maximum absolute atomic E-state index is 5.68. The predicted octanol–water partition coefficient (Wildman–Crippen LogP) is -0.0300. The number of hydrogen-bond donors (Lipinski definition) is 2. The van der Waals surface area contributed by atoms with Crippen molar-refractivity contribution in [2.45, 2.75) is 6.42 Å². The van der Waals surface area contributed by atoms with Crippen molar-refractivity contribution in [2.24, 2.45) is 0 Å². The molecule has 70 valence electrons. The van der Waals surface area contributed by atoms with Crippen LogP contribution in [0.3, 0.4) is 0 Å². The van der Waals surface area contributed by atoms with Crippen LogP contribution in [-0.2, 0) is 6.42 Å². The van der Waals surface area contributed by atoms with Crippen LogP contribution in [0.4, 0.5) is 11.6 Å². The largest absolute Gasteiger partial charge is 0.382 e. The second-order valence-electron chi connectivity index (χ2n) is 3.20. The van der Waals surface area contributed by atoms with Crippen LogP contribution < -0.4 is 11.1 Å². The number of hydrogen-bond acceptors (Lipinski definition) is 6. The van der Waals surface area contributed by atoms with Gasteiger partial charge in [0.1, 0.15) is 11.3 Å². The molecule has 0 aromatic carbocycles. The van der Waals surface area contributed by atoms with Gasteiger partial charge >= 0.3 is 0 Å². The number of rotatable bonds is 0. The summed E-state index contributed by atoms with van der Waals surface area (Å²) in [4.78, 5) is 4.25. The number of fused-ring (bicyclic) bond motifs is 3. The third-order valence-corrected chi connectivity index (χ3v) is 2.39. The zero-order valence-electron chi connectivity index (χ0n) is 7.36. The molecule has 0 fully saturated rings. The summed E-state index contributed by atoms with van der Waals surface area (Å²) >= 11 is 0. The molecule has 0 saturated carbocycles. The maximum atomic E-state index is 5.68. The van der Waals surface area contributed by atoms with Gasteiger partial charge in [0, 0.05) is 18.3 Å². The van der Waals surface area contributed by atoms with E-state index in [1.165, 1.54) is 0 Å². The van der Waals surface area contributed by atoms with Crippen molar-refractivity contribution in [3.8, 4) is 0 Å². The Balaban J connectivity index is 2.44. The average molecular weight is 188 g/mol. The monoisotopic (exact) mass is 188 g/mol. The molecule has 0 unspecified atom stereocenters. The van der Waals surface area contributed by atoms with Crippen molar-refractivity contribution in [3.05, 3.63) is 11.8 Å². The zero-order valence-corrected chi connectivity index (χ0v) is 7.36. The lowest BCUT2D eigenvalue weighted by Crippen LogP contribution is -2.00. The van der Waals surface area contributed by atoms with Gasteiger partial charge in [-0.3, -0.25) is 0 Å². The molecular weight excluding hydrogens is 180 g/mol. The number of pyridine rings is 1. The van der Waals surface area contributed by atoms with Crippen molar-refractivity contribution in [2.75, 3.05) is 17.6 Å². The van der Waals surface area contributed by atoms with Gasteiger partial charge < -0.3 is 11.1 Å². The summed E-state index contributed by atoms with van der Waals surface area (Å²) < 4.78 is 0. The summed E-state index contributed by atoms with van der Waals surface area (Å²) in [6.07, 6.45) is 2.60. The molecule has 0 spiro atoms. The van der Waals surface area contributed by atoms with Gasteiger partial charge in [-0.1, -0.05) is 0 Å². The van der Waals surface area contributed by atoms with Crippen molar-refractivity contribution >= 4 is 22.5 Å². The van der Waals surface area contributed by atoms with E-state index >= 15 is 0 Å². The van der Waals surface area contributed by atoms with Gasteiger partial charge in [-0.25, -0.2) is 4.98 Å². The van der Waals surface area contributed by atoms with E-state index < -0.39 is 0 Å². The average Bonchev–Trinajstić information content (AvgIpc) is 2.66. The van der Waals surface area contributed by atoms with Crippen molar-refractivity contribution in [1.82, 2.24) is 20.4 Å². The molecule has 3 N–H and O–H groups in total. The zero-order chi connectivity index (χ0) is 9.54. The predicted molar refractivity (Wildman–Crippen MR) is 51.7 cm³/mol. The molecule has 2 aromatic heterocycles. The lowest BCUT2D eigenvalue weighted by molar-refractivity contribution is 0.897. The smallest absolute Gasteiger partial charge is 0.158 e. The number of nitrogens with two attached hydrogens (primary N) is 1. The first-order valence-electron chi connectivity index (χ1n) is 4.36. The fourth-order valence-corrected chi connectivity index (χ4v) is 1.71. The van der Waals surface area contributed by atoms with E-state index in [9.17, 15) is 0 Å². The van der Waals surface area contributed by atoms with E-state index in [0.717, 1.165) is 35.2 Å². The van der Waals surface area contributed by atoms with Crippen molar-refractivity contribution in [1.29, 1.82) is 0 Å². The van der Waals surface area contributed by atoms with Gasteiger partial charge in [0.2, 0.25) is 0 Å². The van der Waals surface area contributed by atoms with E-state index in [1.54, 1.807) is 6.20 Å². The van der Waals surface area contributed by atoms with E-state index in [2.05, 4.69) is 25.7 Å². The fraction of sp³-hybridized carbons (Fsp3) is 0.250. The van der Waals surface area contributed by atoms with Gasteiger partial charge in [-0.2, -0.15) is 0 Å². The van der Waals surface area contributed by atoms with Crippen LogP contribution in [0.5, 0.6) is 0 Å². The number of aromatic nitrogens is 4. The lowest BCUT2D eigenvalue weighted by Gasteiger charge is -2.02. The number of nitrogens with one attached hydrogen (secondary N) is 1. The number of anilines is 2. The Morgan fingerprint density at radius 1 is 1.36 bits per heavy atom. The minimum absolute atomic E-state index is 0.386. The molecule has 2 aromatic rings. The fourth-order valence-electron chi connectivity index (χ4n) is 1.71.